The quantitative estimate of drug-likeness (QED) is 0.197. The van der Waals surface area contributed by atoms with Crippen LogP contribution >= 0.6 is 0 Å². The van der Waals surface area contributed by atoms with Gasteiger partial charge in [-0.15, -0.1) is 0 Å². The minimum atomic E-state index is -0.930. The van der Waals surface area contributed by atoms with Crippen molar-refractivity contribution in [2.24, 2.45) is 0 Å². The van der Waals surface area contributed by atoms with Gasteiger partial charge in [0.25, 0.3) is 0 Å². The zero-order valence-electron chi connectivity index (χ0n) is 19.4. The lowest BCUT2D eigenvalue weighted by Crippen LogP contribution is -2.09. The van der Waals surface area contributed by atoms with Crippen LogP contribution in [0.15, 0.2) is 36.4 Å². The largest absolute Gasteiger partial charge is 0.513 e. The van der Waals surface area contributed by atoms with Gasteiger partial charge in [0.05, 0.1) is 28.4 Å². The highest BCUT2D eigenvalue weighted by atomic mass is 16.7. The van der Waals surface area contributed by atoms with Crippen LogP contribution < -0.4 is 18.9 Å². The van der Waals surface area contributed by atoms with Crippen LogP contribution in [-0.2, 0) is 9.47 Å². The molecule has 0 aliphatic rings. The molecule has 0 bridgehead atoms. The third-order valence-corrected chi connectivity index (χ3v) is 4.75. The van der Waals surface area contributed by atoms with E-state index in [0.717, 1.165) is 0 Å². The molecule has 0 aliphatic carbocycles. The number of hydrogen-bond donors (Lipinski definition) is 0. The van der Waals surface area contributed by atoms with Crippen LogP contribution in [-0.4, -0.2) is 52.3 Å². The van der Waals surface area contributed by atoms with Gasteiger partial charge in [-0.1, -0.05) is 0 Å². The summed E-state index contributed by atoms with van der Waals surface area (Å²) >= 11 is 0. The van der Waals surface area contributed by atoms with Gasteiger partial charge in [0.1, 0.15) is 0 Å². The van der Waals surface area contributed by atoms with E-state index < -0.39 is 12.3 Å². The smallest absolute Gasteiger partial charge is 0.493 e. The third kappa shape index (κ3) is 7.22. The molecule has 0 N–H and O–H groups in total. The Labute approximate surface area is 196 Å². The lowest BCUT2D eigenvalue weighted by Gasteiger charge is -2.10. The molecule has 0 saturated carbocycles. The van der Waals surface area contributed by atoms with Gasteiger partial charge in [0.15, 0.2) is 34.6 Å². The summed E-state index contributed by atoms with van der Waals surface area (Å²) in [4.78, 5) is 47.9. The van der Waals surface area contributed by atoms with Gasteiger partial charge in [-0.3, -0.25) is 9.59 Å². The molecule has 2 rings (SSSR count). The van der Waals surface area contributed by atoms with Crippen LogP contribution in [0, 0.1) is 0 Å². The van der Waals surface area contributed by atoms with Gasteiger partial charge in [-0.2, -0.15) is 0 Å². The molecule has 0 saturated heterocycles. The number of hydrogen-bond acceptors (Lipinski definition) is 10. The number of ether oxygens (including phenoxy) is 6. The Hall–Kier alpha value is -4.08. The topological polar surface area (TPSA) is 124 Å². The second-order valence-electron chi connectivity index (χ2n) is 6.90. The molecule has 0 atom stereocenters. The normalized spacial score (nSPS) is 10.1. The van der Waals surface area contributed by atoms with Gasteiger partial charge in [-0.25, -0.2) is 9.59 Å². The predicted octanol–water partition coefficient (Wildman–Crippen LogP) is 4.62. The molecule has 10 nitrogen and oxygen atoms in total. The van der Waals surface area contributed by atoms with E-state index in [2.05, 4.69) is 9.47 Å². The number of ketones is 2. The molecule has 2 aromatic rings. The molecule has 182 valence electrons. The summed E-state index contributed by atoms with van der Waals surface area (Å²) in [6, 6.07) is 8.99. The van der Waals surface area contributed by atoms with E-state index in [0.29, 0.717) is 24.0 Å². The van der Waals surface area contributed by atoms with Gasteiger partial charge < -0.3 is 28.4 Å². The van der Waals surface area contributed by atoms with E-state index in [4.69, 9.17) is 18.9 Å². The molecule has 0 unspecified atom stereocenters. The highest BCUT2D eigenvalue weighted by molar-refractivity contribution is 5.98. The minimum absolute atomic E-state index is 0.0693. The highest BCUT2D eigenvalue weighted by Gasteiger charge is 2.16. The van der Waals surface area contributed by atoms with Crippen molar-refractivity contribution in [2.75, 3.05) is 28.4 Å². The Bertz CT molecular complexity index is 961. The van der Waals surface area contributed by atoms with Gasteiger partial charge >= 0.3 is 12.3 Å². The molecule has 10 heteroatoms. The van der Waals surface area contributed by atoms with Crippen LogP contribution in [0.4, 0.5) is 9.59 Å². The molecular formula is C24H26O10. The van der Waals surface area contributed by atoms with Crippen LogP contribution in [0.3, 0.4) is 0 Å². The second kappa shape index (κ2) is 12.8. The van der Waals surface area contributed by atoms with Crippen molar-refractivity contribution in [2.45, 2.75) is 25.7 Å². The number of rotatable bonds is 11. The first-order valence-electron chi connectivity index (χ1n) is 10.3. The van der Waals surface area contributed by atoms with E-state index in [-0.39, 0.29) is 47.4 Å². The Balaban J connectivity index is 1.94. The lowest BCUT2D eigenvalue weighted by molar-refractivity contribution is 0.0953. The van der Waals surface area contributed by atoms with E-state index in [1.54, 1.807) is 12.1 Å². The molecule has 0 amide bonds. The molecule has 0 heterocycles. The molecule has 34 heavy (non-hydrogen) atoms. The standard InChI is InChI=1S/C24H26O10/c1-29-19-11-9-15(13-21(19)33-23(27)31-3)17(25)7-5-6-8-18(26)16-10-12-20(30-2)22(14-16)34-24(28)32-4/h9-14H,5-8H2,1-4H3. The minimum Gasteiger partial charge on any atom is -0.493 e. The Kier molecular flexibility index (Phi) is 9.88. The van der Waals surface area contributed by atoms with Gasteiger partial charge in [-0.05, 0) is 49.2 Å². The summed E-state index contributed by atoms with van der Waals surface area (Å²) in [6.07, 6.45) is -0.551. The van der Waals surface area contributed by atoms with Crippen molar-refractivity contribution in [3.05, 3.63) is 47.5 Å². The first-order chi connectivity index (χ1) is 16.3. The fourth-order valence-corrected chi connectivity index (χ4v) is 2.98. The summed E-state index contributed by atoms with van der Waals surface area (Å²) in [6.45, 7) is 0. The lowest BCUT2D eigenvalue weighted by atomic mass is 10.0. The van der Waals surface area contributed by atoms with Crippen LogP contribution in [0.2, 0.25) is 0 Å². The first-order valence-corrected chi connectivity index (χ1v) is 10.3. The molecule has 0 radical (unpaired) electrons. The summed E-state index contributed by atoms with van der Waals surface area (Å²) in [5, 5.41) is 0. The van der Waals surface area contributed by atoms with E-state index in [1.807, 2.05) is 0 Å². The maximum Gasteiger partial charge on any atom is 0.513 e. The first kappa shape index (κ1) is 26.2. The fraction of sp³-hybridized carbons (Fsp3) is 0.333. The number of carbonyl (C=O) groups is 4. The Morgan fingerprint density at radius 1 is 0.588 bits per heavy atom. The van der Waals surface area contributed by atoms with E-state index in [9.17, 15) is 19.2 Å². The molecule has 2 aromatic carbocycles. The van der Waals surface area contributed by atoms with Crippen molar-refractivity contribution < 1.29 is 47.6 Å². The number of methoxy groups -OCH3 is 4. The zero-order chi connectivity index (χ0) is 25.1. The molecule has 0 aliphatic heterocycles. The summed E-state index contributed by atoms with van der Waals surface area (Å²) in [7, 11) is 5.16. The monoisotopic (exact) mass is 474 g/mol. The van der Waals surface area contributed by atoms with Crippen molar-refractivity contribution >= 4 is 23.9 Å². The summed E-state index contributed by atoms with van der Waals surface area (Å²) in [5.41, 5.74) is 0.677. The predicted molar refractivity (Wildman–Crippen MR) is 119 cm³/mol. The van der Waals surface area contributed by atoms with Gasteiger partial charge in [0.2, 0.25) is 0 Å². The molecule has 0 aromatic heterocycles. The average molecular weight is 474 g/mol. The molecule has 0 spiro atoms. The van der Waals surface area contributed by atoms with Crippen molar-refractivity contribution in [3.8, 4) is 23.0 Å². The highest BCUT2D eigenvalue weighted by Crippen LogP contribution is 2.30. The fourth-order valence-electron chi connectivity index (χ4n) is 2.98. The Morgan fingerprint density at radius 3 is 1.29 bits per heavy atom. The average Bonchev–Trinajstić information content (AvgIpc) is 2.85. The Morgan fingerprint density at radius 2 is 0.971 bits per heavy atom. The van der Waals surface area contributed by atoms with Crippen LogP contribution in [0.5, 0.6) is 23.0 Å². The number of benzene rings is 2. The number of Topliss-reactive ketones (excluding diaryl/α,β-unsaturated/α-hetero) is 2. The summed E-state index contributed by atoms with van der Waals surface area (Å²) < 4.78 is 29.2. The van der Waals surface area contributed by atoms with Gasteiger partial charge in [0, 0.05) is 24.0 Å². The molecule has 0 fully saturated rings. The third-order valence-electron chi connectivity index (χ3n) is 4.75. The van der Waals surface area contributed by atoms with Crippen LogP contribution in [0.1, 0.15) is 46.4 Å². The van der Waals surface area contributed by atoms with Crippen LogP contribution in [0.25, 0.3) is 0 Å². The van der Waals surface area contributed by atoms with E-state index >= 15 is 0 Å². The van der Waals surface area contributed by atoms with E-state index in [1.165, 1.54) is 52.7 Å². The maximum absolute atomic E-state index is 12.5. The van der Waals surface area contributed by atoms with Crippen molar-refractivity contribution in [1.82, 2.24) is 0 Å². The van der Waals surface area contributed by atoms with Crippen molar-refractivity contribution in [1.29, 1.82) is 0 Å². The SMILES string of the molecule is COC(=O)Oc1cc(C(=O)CCCCC(=O)c2ccc(OC)c(OC(=O)OC)c2)ccc1OC. The maximum atomic E-state index is 12.5. The number of carbonyl (C=O) groups excluding carboxylic acids is 4. The number of unbranched alkanes of at least 4 members (excludes halogenated alkanes) is 1. The molecular weight excluding hydrogens is 448 g/mol. The van der Waals surface area contributed by atoms with Crippen molar-refractivity contribution in [3.63, 3.8) is 0 Å². The summed E-state index contributed by atoms with van der Waals surface area (Å²) in [5.74, 6) is 0.343. The second-order valence-corrected chi connectivity index (χ2v) is 6.90. The zero-order valence-corrected chi connectivity index (χ0v) is 19.4.